The summed E-state index contributed by atoms with van der Waals surface area (Å²) in [5.41, 5.74) is 1.59. The number of carbonyl (C=O) groups is 2. The lowest BCUT2D eigenvalue weighted by atomic mass is 9.69. The molecule has 0 aliphatic heterocycles. The van der Waals surface area contributed by atoms with Crippen molar-refractivity contribution < 1.29 is 9.59 Å². The van der Waals surface area contributed by atoms with Crippen molar-refractivity contribution in [2.75, 3.05) is 0 Å². The van der Waals surface area contributed by atoms with Crippen molar-refractivity contribution in [1.82, 2.24) is 0 Å². The van der Waals surface area contributed by atoms with Gasteiger partial charge in [0.05, 0.1) is 11.8 Å². The van der Waals surface area contributed by atoms with Gasteiger partial charge in [0.2, 0.25) is 0 Å². The third kappa shape index (κ3) is 1.42. The summed E-state index contributed by atoms with van der Waals surface area (Å²) >= 11 is 0. The first-order valence-corrected chi connectivity index (χ1v) is 5.51. The molecule has 3 heteroatoms. The summed E-state index contributed by atoms with van der Waals surface area (Å²) < 4.78 is 0. The fourth-order valence-corrected chi connectivity index (χ4v) is 2.46. The molecular weight excluding hydrogens is 211 g/mol. The SMILES string of the molecule is [B]C1=CC2C(=O)c3ccccc3C(=O)C2C=C1. The van der Waals surface area contributed by atoms with Crippen LogP contribution in [0.3, 0.4) is 0 Å². The molecule has 0 aromatic heterocycles. The number of carbonyl (C=O) groups excluding carboxylic acids is 2. The lowest BCUT2D eigenvalue weighted by molar-refractivity contribution is 0.0801. The molecule has 0 spiro atoms. The molecule has 2 atom stereocenters. The second-order valence-corrected chi connectivity index (χ2v) is 4.35. The molecule has 2 aliphatic rings. The molecule has 2 nitrogen and oxygen atoms in total. The molecule has 0 saturated heterocycles. The van der Waals surface area contributed by atoms with Gasteiger partial charge in [0.25, 0.3) is 0 Å². The van der Waals surface area contributed by atoms with E-state index in [0.29, 0.717) is 16.6 Å². The van der Waals surface area contributed by atoms with Crippen LogP contribution in [0.2, 0.25) is 0 Å². The molecule has 0 saturated carbocycles. The van der Waals surface area contributed by atoms with Gasteiger partial charge >= 0.3 is 0 Å². The molecule has 0 N–H and O–H groups in total. The van der Waals surface area contributed by atoms with E-state index in [4.69, 9.17) is 7.85 Å². The predicted molar refractivity (Wildman–Crippen MR) is 65.1 cm³/mol. The van der Waals surface area contributed by atoms with Crippen LogP contribution in [0.5, 0.6) is 0 Å². The summed E-state index contributed by atoms with van der Waals surface area (Å²) in [7, 11) is 5.68. The maximum Gasteiger partial charge on any atom is 0.171 e. The van der Waals surface area contributed by atoms with E-state index in [0.717, 1.165) is 0 Å². The third-order valence-corrected chi connectivity index (χ3v) is 3.32. The van der Waals surface area contributed by atoms with Crippen LogP contribution in [0.25, 0.3) is 0 Å². The highest BCUT2D eigenvalue weighted by atomic mass is 16.1. The summed E-state index contributed by atoms with van der Waals surface area (Å²) in [4.78, 5) is 24.5. The number of hydrogen-bond acceptors (Lipinski definition) is 2. The van der Waals surface area contributed by atoms with Crippen LogP contribution < -0.4 is 0 Å². The number of ketones is 2. The van der Waals surface area contributed by atoms with E-state index in [1.165, 1.54) is 0 Å². The molecule has 2 aliphatic carbocycles. The first-order valence-electron chi connectivity index (χ1n) is 5.51. The van der Waals surface area contributed by atoms with Gasteiger partial charge in [-0.3, -0.25) is 9.59 Å². The van der Waals surface area contributed by atoms with Crippen LogP contribution in [0.4, 0.5) is 0 Å². The summed E-state index contributed by atoms with van der Waals surface area (Å²) in [5.74, 6) is -0.824. The van der Waals surface area contributed by atoms with Crippen molar-refractivity contribution in [1.29, 1.82) is 0 Å². The molecule has 1 aromatic carbocycles. The fraction of sp³-hybridized carbons (Fsp3) is 0.143. The van der Waals surface area contributed by atoms with Gasteiger partial charge in [-0.25, -0.2) is 0 Å². The van der Waals surface area contributed by atoms with Crippen molar-refractivity contribution in [2.24, 2.45) is 11.8 Å². The number of benzene rings is 1. The lowest BCUT2D eigenvalue weighted by Crippen LogP contribution is -2.35. The Kier molecular flexibility index (Phi) is 2.15. The smallest absolute Gasteiger partial charge is 0.171 e. The van der Waals surface area contributed by atoms with Gasteiger partial charge in [-0.2, -0.15) is 0 Å². The molecule has 2 radical (unpaired) electrons. The number of fused-ring (bicyclic) bond motifs is 2. The maximum absolute atomic E-state index is 12.3. The quantitative estimate of drug-likeness (QED) is 0.626. The molecule has 0 amide bonds. The summed E-state index contributed by atoms with van der Waals surface area (Å²) in [6.45, 7) is 0. The zero-order chi connectivity index (χ0) is 12.0. The highest BCUT2D eigenvalue weighted by Gasteiger charge is 2.39. The zero-order valence-corrected chi connectivity index (χ0v) is 9.09. The highest BCUT2D eigenvalue weighted by molar-refractivity contribution is 6.25. The number of Topliss-reactive ketones (excluding diaryl/α,β-unsaturated/α-hetero) is 2. The average Bonchev–Trinajstić information content (AvgIpc) is 2.36. The van der Waals surface area contributed by atoms with Crippen LogP contribution >= 0.6 is 0 Å². The zero-order valence-electron chi connectivity index (χ0n) is 9.09. The monoisotopic (exact) mass is 220 g/mol. The maximum atomic E-state index is 12.3. The van der Waals surface area contributed by atoms with Crippen molar-refractivity contribution in [2.45, 2.75) is 0 Å². The Morgan fingerprint density at radius 1 is 0.941 bits per heavy atom. The Bertz CT molecular complexity index is 584. The second kappa shape index (κ2) is 3.55. The fourth-order valence-electron chi connectivity index (χ4n) is 2.46. The number of hydrogen-bond donors (Lipinski definition) is 0. The Balaban J connectivity index is 2.19. The minimum Gasteiger partial charge on any atom is -0.293 e. The van der Waals surface area contributed by atoms with E-state index in [1.807, 2.05) is 0 Å². The molecule has 17 heavy (non-hydrogen) atoms. The van der Waals surface area contributed by atoms with E-state index < -0.39 is 5.92 Å². The first-order chi connectivity index (χ1) is 8.18. The van der Waals surface area contributed by atoms with E-state index >= 15 is 0 Å². The van der Waals surface area contributed by atoms with Gasteiger partial charge in [-0.1, -0.05) is 42.5 Å². The molecule has 0 fully saturated rings. The van der Waals surface area contributed by atoms with Gasteiger partial charge in [-0.05, 0) is 0 Å². The second-order valence-electron chi connectivity index (χ2n) is 4.35. The van der Waals surface area contributed by atoms with Crippen LogP contribution in [0, 0.1) is 11.8 Å². The van der Waals surface area contributed by atoms with E-state index in [2.05, 4.69) is 0 Å². The standard InChI is InChI=1S/C14H9BO2/c15-8-5-6-11-12(7-8)14(17)10-4-2-1-3-9(10)13(11)16/h1-7,11-12H. The molecule has 2 unspecified atom stereocenters. The molecular formula is C14H9BO2. The average molecular weight is 220 g/mol. The third-order valence-electron chi connectivity index (χ3n) is 3.32. The number of allylic oxidation sites excluding steroid dienone is 4. The summed E-state index contributed by atoms with van der Waals surface area (Å²) in [6, 6.07) is 6.96. The minimum absolute atomic E-state index is 0.00481. The van der Waals surface area contributed by atoms with E-state index in [1.54, 1.807) is 42.5 Å². The summed E-state index contributed by atoms with van der Waals surface area (Å²) in [6.07, 6.45) is 5.11. The van der Waals surface area contributed by atoms with Gasteiger partial charge in [0.1, 0.15) is 7.85 Å². The van der Waals surface area contributed by atoms with Gasteiger partial charge < -0.3 is 0 Å². The predicted octanol–water partition coefficient (Wildman–Crippen LogP) is 1.92. The summed E-state index contributed by atoms with van der Waals surface area (Å²) in [5, 5.41) is 0. The highest BCUT2D eigenvalue weighted by Crippen LogP contribution is 2.34. The van der Waals surface area contributed by atoms with Gasteiger partial charge in [0.15, 0.2) is 11.6 Å². The Morgan fingerprint density at radius 3 is 2.18 bits per heavy atom. The number of rotatable bonds is 0. The van der Waals surface area contributed by atoms with Crippen LogP contribution in [-0.4, -0.2) is 19.4 Å². The first kappa shape index (κ1) is 10.3. The molecule has 1 aromatic rings. The molecule has 0 bridgehead atoms. The van der Waals surface area contributed by atoms with Crippen LogP contribution in [-0.2, 0) is 0 Å². The Morgan fingerprint density at radius 2 is 1.53 bits per heavy atom. The molecule has 80 valence electrons. The van der Waals surface area contributed by atoms with Crippen LogP contribution in [0.15, 0.2) is 48.0 Å². The largest absolute Gasteiger partial charge is 0.293 e. The van der Waals surface area contributed by atoms with E-state index in [-0.39, 0.29) is 17.5 Å². The topological polar surface area (TPSA) is 34.1 Å². The molecule has 3 rings (SSSR count). The normalized spacial score (nSPS) is 26.2. The molecule has 0 heterocycles. The van der Waals surface area contributed by atoms with Crippen LogP contribution in [0.1, 0.15) is 20.7 Å². The van der Waals surface area contributed by atoms with Crippen molar-refractivity contribution in [3.8, 4) is 0 Å². The van der Waals surface area contributed by atoms with Crippen molar-refractivity contribution in [3.63, 3.8) is 0 Å². The van der Waals surface area contributed by atoms with Gasteiger partial charge in [-0.15, -0.1) is 5.47 Å². The van der Waals surface area contributed by atoms with Gasteiger partial charge in [0, 0.05) is 11.1 Å². The Labute approximate surface area is 100 Å². The van der Waals surface area contributed by atoms with Crippen molar-refractivity contribution in [3.05, 3.63) is 59.1 Å². The van der Waals surface area contributed by atoms with E-state index in [9.17, 15) is 9.59 Å². The minimum atomic E-state index is -0.428. The van der Waals surface area contributed by atoms with Crippen molar-refractivity contribution >= 4 is 19.4 Å². The Hall–Kier alpha value is -1.90. The lowest BCUT2D eigenvalue weighted by Gasteiger charge is -2.29.